The molecule has 0 aliphatic carbocycles. The third kappa shape index (κ3) is 4.60. The van der Waals surface area contributed by atoms with Gasteiger partial charge in [-0.3, -0.25) is 4.79 Å². The number of aromatic nitrogens is 2. The quantitative estimate of drug-likeness (QED) is 0.780. The summed E-state index contributed by atoms with van der Waals surface area (Å²) in [5, 5.41) is 2.92. The average molecular weight is 352 g/mol. The fraction of sp³-hybridized carbons (Fsp3) is 0.333. The number of hydrogen-bond donors (Lipinski definition) is 1. The lowest BCUT2D eigenvalue weighted by Gasteiger charge is -2.09. The number of benzene rings is 1. The minimum Gasteiger partial charge on any atom is -0.497 e. The maximum atomic E-state index is 12.1. The normalized spacial score (nSPS) is 10.4. The van der Waals surface area contributed by atoms with Gasteiger partial charge in [-0.05, 0) is 47.0 Å². The van der Waals surface area contributed by atoms with Crippen molar-refractivity contribution in [2.24, 2.45) is 0 Å². The highest BCUT2D eigenvalue weighted by Crippen LogP contribution is 2.22. The molecule has 0 saturated heterocycles. The Morgan fingerprint density at radius 3 is 3.00 bits per heavy atom. The van der Waals surface area contributed by atoms with Crippen LogP contribution in [0, 0.1) is 0 Å². The summed E-state index contributed by atoms with van der Waals surface area (Å²) in [6.45, 7) is 1.57. The standard InChI is InChI=1S/C15H18BrN3O2/c1-21-12-4-5-14(16)13(10-12)15(20)18-6-2-3-8-19-9-7-17-11-19/h4-5,7,9-11H,2-3,6,8H2,1H3,(H,18,20). The number of nitrogens with one attached hydrogen (secondary N) is 1. The van der Waals surface area contributed by atoms with Gasteiger partial charge in [0, 0.05) is 30.0 Å². The Labute approximate surface area is 132 Å². The number of hydrogen-bond acceptors (Lipinski definition) is 3. The van der Waals surface area contributed by atoms with E-state index >= 15 is 0 Å². The Balaban J connectivity index is 1.76. The predicted octanol–water partition coefficient (Wildman–Crippen LogP) is 2.86. The van der Waals surface area contributed by atoms with Gasteiger partial charge in [-0.25, -0.2) is 4.98 Å². The number of carbonyl (C=O) groups excluding carboxylic acids is 1. The molecule has 0 unspecified atom stereocenters. The fourth-order valence-corrected chi connectivity index (χ4v) is 2.37. The Kier molecular flexibility index (Phi) is 5.80. The van der Waals surface area contributed by atoms with E-state index in [0.29, 0.717) is 17.9 Å². The van der Waals surface area contributed by atoms with Crippen LogP contribution in [0.1, 0.15) is 23.2 Å². The molecule has 1 aromatic heterocycles. The highest BCUT2D eigenvalue weighted by molar-refractivity contribution is 9.10. The number of aryl methyl sites for hydroxylation is 1. The van der Waals surface area contributed by atoms with E-state index in [4.69, 9.17) is 4.74 Å². The topological polar surface area (TPSA) is 56.1 Å². The van der Waals surface area contributed by atoms with Crippen LogP contribution < -0.4 is 10.1 Å². The molecule has 0 bridgehead atoms. The van der Waals surface area contributed by atoms with Gasteiger partial charge in [-0.15, -0.1) is 0 Å². The molecular weight excluding hydrogens is 334 g/mol. The van der Waals surface area contributed by atoms with Gasteiger partial charge in [-0.2, -0.15) is 0 Å². The van der Waals surface area contributed by atoms with Crippen LogP contribution in [-0.4, -0.2) is 29.1 Å². The number of imidazole rings is 1. The van der Waals surface area contributed by atoms with Crippen LogP contribution in [0.4, 0.5) is 0 Å². The lowest BCUT2D eigenvalue weighted by molar-refractivity contribution is 0.0951. The number of methoxy groups -OCH3 is 1. The maximum Gasteiger partial charge on any atom is 0.252 e. The maximum absolute atomic E-state index is 12.1. The number of unbranched alkanes of at least 4 members (excludes halogenated alkanes) is 1. The van der Waals surface area contributed by atoms with Crippen LogP contribution in [0.3, 0.4) is 0 Å². The SMILES string of the molecule is COc1ccc(Br)c(C(=O)NCCCCn2ccnc2)c1. The molecule has 0 atom stereocenters. The van der Waals surface area contributed by atoms with E-state index in [-0.39, 0.29) is 5.91 Å². The lowest BCUT2D eigenvalue weighted by Crippen LogP contribution is -2.25. The number of carbonyl (C=O) groups is 1. The number of amides is 1. The average Bonchev–Trinajstić information content (AvgIpc) is 3.00. The zero-order valence-corrected chi connectivity index (χ0v) is 13.5. The molecule has 1 heterocycles. The molecule has 2 aromatic rings. The van der Waals surface area contributed by atoms with Crippen LogP contribution in [-0.2, 0) is 6.54 Å². The Morgan fingerprint density at radius 1 is 1.43 bits per heavy atom. The molecule has 1 amide bonds. The fourth-order valence-electron chi connectivity index (χ4n) is 1.94. The van der Waals surface area contributed by atoms with Crippen LogP contribution in [0.25, 0.3) is 0 Å². The summed E-state index contributed by atoms with van der Waals surface area (Å²) in [6, 6.07) is 5.35. The minimum absolute atomic E-state index is 0.0941. The Hall–Kier alpha value is -1.82. The van der Waals surface area contributed by atoms with E-state index < -0.39 is 0 Å². The first-order valence-corrected chi connectivity index (χ1v) is 7.57. The number of ether oxygens (including phenoxy) is 1. The Morgan fingerprint density at radius 2 is 2.29 bits per heavy atom. The summed E-state index contributed by atoms with van der Waals surface area (Å²) in [5.74, 6) is 0.576. The molecule has 0 aliphatic heterocycles. The van der Waals surface area contributed by atoms with E-state index in [0.717, 1.165) is 23.9 Å². The van der Waals surface area contributed by atoms with Crippen molar-refractivity contribution >= 4 is 21.8 Å². The van der Waals surface area contributed by atoms with Gasteiger partial charge in [0.15, 0.2) is 0 Å². The van der Waals surface area contributed by atoms with E-state index in [1.807, 2.05) is 22.9 Å². The molecule has 112 valence electrons. The largest absolute Gasteiger partial charge is 0.497 e. The molecule has 1 aromatic carbocycles. The van der Waals surface area contributed by atoms with E-state index in [2.05, 4.69) is 26.2 Å². The van der Waals surface area contributed by atoms with Crippen LogP contribution in [0.2, 0.25) is 0 Å². The molecular formula is C15H18BrN3O2. The van der Waals surface area contributed by atoms with Crippen molar-refractivity contribution in [3.63, 3.8) is 0 Å². The molecule has 0 aliphatic rings. The summed E-state index contributed by atoms with van der Waals surface area (Å²) in [4.78, 5) is 16.1. The van der Waals surface area contributed by atoms with Crippen molar-refractivity contribution < 1.29 is 9.53 Å². The smallest absolute Gasteiger partial charge is 0.252 e. The minimum atomic E-state index is -0.0941. The summed E-state index contributed by atoms with van der Waals surface area (Å²) in [5.41, 5.74) is 0.587. The molecule has 0 fully saturated rings. The predicted molar refractivity (Wildman–Crippen MR) is 84.5 cm³/mol. The summed E-state index contributed by atoms with van der Waals surface area (Å²) >= 11 is 3.38. The third-order valence-electron chi connectivity index (χ3n) is 3.11. The molecule has 6 heteroatoms. The zero-order valence-electron chi connectivity index (χ0n) is 11.9. The van der Waals surface area contributed by atoms with Gasteiger partial charge in [0.2, 0.25) is 0 Å². The van der Waals surface area contributed by atoms with Crippen molar-refractivity contribution in [1.29, 1.82) is 0 Å². The number of halogens is 1. The van der Waals surface area contributed by atoms with Gasteiger partial charge in [0.1, 0.15) is 5.75 Å². The van der Waals surface area contributed by atoms with Crippen molar-refractivity contribution in [2.45, 2.75) is 19.4 Å². The molecule has 0 radical (unpaired) electrons. The summed E-state index contributed by atoms with van der Waals surface area (Å²) < 4.78 is 7.93. The number of rotatable bonds is 7. The third-order valence-corrected chi connectivity index (χ3v) is 3.80. The van der Waals surface area contributed by atoms with Crippen LogP contribution >= 0.6 is 15.9 Å². The van der Waals surface area contributed by atoms with Gasteiger partial charge >= 0.3 is 0 Å². The first-order valence-electron chi connectivity index (χ1n) is 6.78. The Bertz CT molecular complexity index is 585. The van der Waals surface area contributed by atoms with Crippen molar-refractivity contribution in [2.75, 3.05) is 13.7 Å². The second-order valence-electron chi connectivity index (χ2n) is 4.61. The zero-order chi connectivity index (χ0) is 15.1. The van der Waals surface area contributed by atoms with Crippen molar-refractivity contribution in [1.82, 2.24) is 14.9 Å². The van der Waals surface area contributed by atoms with Crippen LogP contribution in [0.15, 0.2) is 41.4 Å². The second-order valence-corrected chi connectivity index (χ2v) is 5.46. The van der Waals surface area contributed by atoms with Gasteiger partial charge < -0.3 is 14.6 Å². The van der Waals surface area contributed by atoms with Crippen molar-refractivity contribution in [3.8, 4) is 5.75 Å². The van der Waals surface area contributed by atoms with Gasteiger partial charge in [0.05, 0.1) is 19.0 Å². The molecule has 0 saturated carbocycles. The van der Waals surface area contributed by atoms with E-state index in [1.165, 1.54) is 0 Å². The molecule has 1 N–H and O–H groups in total. The number of nitrogens with zero attached hydrogens (tertiary/aromatic N) is 2. The summed E-state index contributed by atoms with van der Waals surface area (Å²) in [6.07, 6.45) is 7.42. The second kappa shape index (κ2) is 7.83. The highest BCUT2D eigenvalue weighted by atomic mass is 79.9. The highest BCUT2D eigenvalue weighted by Gasteiger charge is 2.10. The first-order chi connectivity index (χ1) is 10.2. The first kappa shape index (κ1) is 15.6. The monoisotopic (exact) mass is 351 g/mol. The van der Waals surface area contributed by atoms with Gasteiger partial charge in [-0.1, -0.05) is 0 Å². The summed E-state index contributed by atoms with van der Waals surface area (Å²) in [7, 11) is 1.58. The van der Waals surface area contributed by atoms with E-state index in [1.54, 1.807) is 25.7 Å². The molecule has 5 nitrogen and oxygen atoms in total. The van der Waals surface area contributed by atoms with Crippen LogP contribution in [0.5, 0.6) is 5.75 Å². The molecule has 0 spiro atoms. The molecule has 21 heavy (non-hydrogen) atoms. The van der Waals surface area contributed by atoms with Crippen molar-refractivity contribution in [3.05, 3.63) is 47.0 Å². The van der Waals surface area contributed by atoms with E-state index in [9.17, 15) is 4.79 Å². The lowest BCUT2D eigenvalue weighted by atomic mass is 10.2. The van der Waals surface area contributed by atoms with Gasteiger partial charge in [0.25, 0.3) is 5.91 Å². The molecule has 2 rings (SSSR count).